The van der Waals surface area contributed by atoms with Crippen LogP contribution in [0.3, 0.4) is 0 Å². The predicted octanol–water partition coefficient (Wildman–Crippen LogP) is 17.5. The fourth-order valence-corrected chi connectivity index (χ4v) is 13.2. The van der Waals surface area contributed by atoms with Gasteiger partial charge >= 0.3 is 0 Å². The van der Waals surface area contributed by atoms with Crippen LogP contribution in [0.4, 0.5) is 17.1 Å². The maximum Gasteiger partial charge on any atom is 0.137 e. The molecule has 0 radical (unpaired) electrons. The molecule has 0 atom stereocenters. The Bertz CT molecular complexity index is 3250. The van der Waals surface area contributed by atoms with Crippen LogP contribution in [0.25, 0.3) is 55.3 Å². The molecule has 2 fully saturated rings. The molecule has 0 N–H and O–H groups in total. The highest BCUT2D eigenvalue weighted by atomic mass is 16.3. The van der Waals surface area contributed by atoms with Gasteiger partial charge in [0, 0.05) is 33.7 Å². The summed E-state index contributed by atoms with van der Waals surface area (Å²) in [4.78, 5) is 2.53. The van der Waals surface area contributed by atoms with Gasteiger partial charge < -0.3 is 9.32 Å². The number of benzene rings is 8. The molecule has 13 rings (SSSR count). The SMILES string of the molecule is CC1(c2ccc3c(c2)C2(c4cc(C5(C)CCCCC5)ccc4-3)c3ccccc3-c3c(N(c4ccc5c(c4)oc4ccccc45)c4ccccc4-c4ccccc4)cccc32)CCCCC1. The van der Waals surface area contributed by atoms with E-state index in [2.05, 4.69) is 195 Å². The van der Waals surface area contributed by atoms with Crippen molar-refractivity contribution in [2.45, 2.75) is 94.3 Å². The van der Waals surface area contributed by atoms with Gasteiger partial charge in [0.05, 0.1) is 16.8 Å². The predicted molar refractivity (Wildman–Crippen MR) is 271 cm³/mol. The number of nitrogens with zero attached hydrogens (tertiary/aromatic N) is 1. The van der Waals surface area contributed by atoms with Crippen LogP contribution in [0.2, 0.25) is 0 Å². The van der Waals surface area contributed by atoms with Gasteiger partial charge in [-0.1, -0.05) is 192 Å². The molecule has 0 amide bonds. The van der Waals surface area contributed by atoms with E-state index >= 15 is 0 Å². The monoisotopic (exact) mass is 841 g/mol. The molecule has 9 aromatic rings. The quantitative estimate of drug-likeness (QED) is 0.166. The number of hydrogen-bond donors (Lipinski definition) is 0. The van der Waals surface area contributed by atoms with Crippen LogP contribution in [-0.2, 0) is 16.2 Å². The molecule has 1 heterocycles. The van der Waals surface area contributed by atoms with Gasteiger partial charge in [0.25, 0.3) is 0 Å². The molecule has 4 aliphatic rings. The van der Waals surface area contributed by atoms with E-state index in [0.717, 1.165) is 33.3 Å². The highest BCUT2D eigenvalue weighted by Gasteiger charge is 2.53. The minimum absolute atomic E-state index is 0.167. The molecular formula is C63H55NO. The third-order valence-electron chi connectivity index (χ3n) is 16.6. The van der Waals surface area contributed by atoms with E-state index in [0.29, 0.717) is 0 Å². The number of para-hydroxylation sites is 2. The topological polar surface area (TPSA) is 16.4 Å². The Morgan fingerprint density at radius 3 is 1.68 bits per heavy atom. The van der Waals surface area contributed by atoms with Gasteiger partial charge in [-0.25, -0.2) is 0 Å². The summed E-state index contributed by atoms with van der Waals surface area (Å²) < 4.78 is 6.64. The zero-order valence-electron chi connectivity index (χ0n) is 37.7. The Hall–Kier alpha value is -6.64. The van der Waals surface area contributed by atoms with Crippen molar-refractivity contribution in [1.29, 1.82) is 0 Å². The summed E-state index contributed by atoms with van der Waals surface area (Å²) in [6.07, 6.45) is 12.9. The summed E-state index contributed by atoms with van der Waals surface area (Å²) in [6, 6.07) is 67.1. The molecule has 2 heteroatoms. The van der Waals surface area contributed by atoms with Crippen LogP contribution in [0, 0.1) is 0 Å². The van der Waals surface area contributed by atoms with E-state index in [1.54, 1.807) is 0 Å². The van der Waals surface area contributed by atoms with Crippen LogP contribution in [0.1, 0.15) is 111 Å². The minimum Gasteiger partial charge on any atom is -0.456 e. The van der Waals surface area contributed by atoms with Crippen LogP contribution in [0.15, 0.2) is 180 Å². The van der Waals surface area contributed by atoms with Crippen LogP contribution < -0.4 is 4.90 Å². The van der Waals surface area contributed by atoms with Crippen molar-refractivity contribution in [2.75, 3.05) is 4.90 Å². The Labute approximate surface area is 383 Å². The van der Waals surface area contributed by atoms with E-state index in [1.807, 2.05) is 0 Å². The van der Waals surface area contributed by atoms with Gasteiger partial charge in [0.15, 0.2) is 0 Å². The maximum absolute atomic E-state index is 6.64. The van der Waals surface area contributed by atoms with Gasteiger partial charge in [0.1, 0.15) is 11.2 Å². The molecule has 1 spiro atoms. The molecule has 65 heavy (non-hydrogen) atoms. The Kier molecular flexibility index (Phi) is 8.77. The first-order valence-electron chi connectivity index (χ1n) is 24.3. The fourth-order valence-electron chi connectivity index (χ4n) is 13.2. The van der Waals surface area contributed by atoms with Gasteiger partial charge in [-0.3, -0.25) is 0 Å². The molecule has 2 saturated carbocycles. The fraction of sp³-hybridized carbons (Fsp3) is 0.238. The largest absolute Gasteiger partial charge is 0.456 e. The van der Waals surface area contributed by atoms with Gasteiger partial charge in [-0.15, -0.1) is 0 Å². The molecule has 2 nitrogen and oxygen atoms in total. The van der Waals surface area contributed by atoms with Crippen molar-refractivity contribution in [2.24, 2.45) is 0 Å². The minimum atomic E-state index is -0.484. The normalized spacial score (nSPS) is 17.4. The lowest BCUT2D eigenvalue weighted by atomic mass is 9.66. The second-order valence-electron chi connectivity index (χ2n) is 20.3. The molecule has 0 aliphatic heterocycles. The lowest BCUT2D eigenvalue weighted by molar-refractivity contribution is 0.319. The van der Waals surface area contributed by atoms with Crippen molar-refractivity contribution in [3.63, 3.8) is 0 Å². The smallest absolute Gasteiger partial charge is 0.137 e. The second kappa shape index (κ2) is 14.7. The third kappa shape index (κ3) is 5.72. The van der Waals surface area contributed by atoms with Crippen LogP contribution in [0.5, 0.6) is 0 Å². The molecule has 8 aromatic carbocycles. The molecule has 318 valence electrons. The van der Waals surface area contributed by atoms with Crippen molar-refractivity contribution in [3.8, 4) is 33.4 Å². The van der Waals surface area contributed by atoms with E-state index in [-0.39, 0.29) is 10.8 Å². The van der Waals surface area contributed by atoms with E-state index < -0.39 is 5.41 Å². The Morgan fingerprint density at radius 1 is 0.400 bits per heavy atom. The Balaban J connectivity index is 1.11. The van der Waals surface area contributed by atoms with Crippen molar-refractivity contribution < 1.29 is 4.42 Å². The maximum atomic E-state index is 6.64. The Morgan fingerprint density at radius 2 is 0.969 bits per heavy atom. The van der Waals surface area contributed by atoms with Crippen molar-refractivity contribution in [3.05, 3.63) is 209 Å². The van der Waals surface area contributed by atoms with Gasteiger partial charge in [0.2, 0.25) is 0 Å². The first-order chi connectivity index (χ1) is 31.9. The highest BCUT2D eigenvalue weighted by molar-refractivity contribution is 6.07. The number of anilines is 3. The molecule has 0 bridgehead atoms. The van der Waals surface area contributed by atoms with E-state index in [4.69, 9.17) is 4.42 Å². The average molecular weight is 842 g/mol. The molecular weight excluding hydrogens is 787 g/mol. The van der Waals surface area contributed by atoms with Gasteiger partial charge in [-0.05, 0) is 122 Å². The van der Waals surface area contributed by atoms with E-state index in [9.17, 15) is 0 Å². The lowest BCUT2D eigenvalue weighted by Crippen LogP contribution is -2.30. The van der Waals surface area contributed by atoms with Crippen LogP contribution in [-0.4, -0.2) is 0 Å². The number of fused-ring (bicyclic) bond motifs is 13. The first kappa shape index (κ1) is 38.8. The number of furan rings is 1. The standard InChI is InChI=1S/C63H55NO/c1-61(35-14-4-15-36-61)43-29-32-47-48-33-30-44(62(2)37-16-5-17-38-62)40-55(48)63(54(47)39-43)52-24-11-8-23-51(52)60-53(63)25-18-27-57(60)64(56-26-12-9-21-46(56)42-19-6-3-7-20-42)45-31-34-50-49-22-10-13-28-58(49)65-59(50)41-45/h3,6-13,18-34,39-41H,4-5,14-17,35-38H2,1-2H3. The third-order valence-corrected chi connectivity index (χ3v) is 16.6. The van der Waals surface area contributed by atoms with Crippen LogP contribution >= 0.6 is 0 Å². The van der Waals surface area contributed by atoms with Crippen molar-refractivity contribution >= 4 is 39.0 Å². The summed E-state index contributed by atoms with van der Waals surface area (Å²) >= 11 is 0. The number of rotatable bonds is 6. The second-order valence-corrected chi connectivity index (χ2v) is 20.3. The summed E-state index contributed by atoms with van der Waals surface area (Å²) in [7, 11) is 0. The molecule has 1 aromatic heterocycles. The lowest BCUT2D eigenvalue weighted by Gasteiger charge is -2.37. The first-order valence-corrected chi connectivity index (χ1v) is 24.3. The van der Waals surface area contributed by atoms with Crippen molar-refractivity contribution in [1.82, 2.24) is 0 Å². The molecule has 0 unspecified atom stereocenters. The van der Waals surface area contributed by atoms with Gasteiger partial charge in [-0.2, -0.15) is 0 Å². The highest BCUT2D eigenvalue weighted by Crippen LogP contribution is 2.66. The molecule has 4 aliphatic carbocycles. The summed E-state index contributed by atoms with van der Waals surface area (Å²) in [6.45, 7) is 5.08. The molecule has 0 saturated heterocycles. The average Bonchev–Trinajstić information content (AvgIpc) is 3.98. The zero-order valence-corrected chi connectivity index (χ0v) is 37.7. The van der Waals surface area contributed by atoms with E-state index in [1.165, 1.54) is 137 Å². The summed E-state index contributed by atoms with van der Waals surface area (Å²) in [5, 5.41) is 2.27. The zero-order chi connectivity index (χ0) is 43.3. The summed E-state index contributed by atoms with van der Waals surface area (Å²) in [5.74, 6) is 0. The summed E-state index contributed by atoms with van der Waals surface area (Å²) in [5.41, 5.74) is 21.5. The number of hydrogen-bond acceptors (Lipinski definition) is 2.